The minimum atomic E-state index is -2.95. The molecule has 2 aromatic carbocycles. The van der Waals surface area contributed by atoms with Gasteiger partial charge in [-0.05, 0) is 30.5 Å². The summed E-state index contributed by atoms with van der Waals surface area (Å²) in [6, 6.07) is 16.4. The molecule has 0 bridgehead atoms. The molecule has 3 rings (SSSR count). The maximum Gasteiger partial charge on any atom is 0.387 e. The second kappa shape index (κ2) is 8.76. The Morgan fingerprint density at radius 1 is 1.08 bits per heavy atom. The average Bonchev–Trinajstić information content (AvgIpc) is 2.64. The molecule has 4 nitrogen and oxygen atoms in total. The van der Waals surface area contributed by atoms with Gasteiger partial charge < -0.3 is 10.1 Å². The maximum atomic E-state index is 12.5. The van der Waals surface area contributed by atoms with Gasteiger partial charge in [-0.3, -0.25) is 9.69 Å². The number of piperidine rings is 1. The lowest BCUT2D eigenvalue weighted by Crippen LogP contribution is -2.44. The van der Waals surface area contributed by atoms with Crippen LogP contribution < -0.4 is 10.1 Å². The van der Waals surface area contributed by atoms with Crippen molar-refractivity contribution in [2.45, 2.75) is 32.0 Å². The zero-order valence-corrected chi connectivity index (χ0v) is 14.4. The second-order valence-electron chi connectivity index (χ2n) is 6.38. The molecule has 1 saturated heterocycles. The molecule has 0 unspecified atom stereocenters. The number of hydrogen-bond acceptors (Lipinski definition) is 3. The van der Waals surface area contributed by atoms with E-state index in [1.54, 1.807) is 12.1 Å². The monoisotopic (exact) mass is 360 g/mol. The highest BCUT2D eigenvalue weighted by Crippen LogP contribution is 2.21. The van der Waals surface area contributed by atoms with Gasteiger partial charge in [0.25, 0.3) is 5.91 Å². The molecular weight excluding hydrogens is 338 g/mol. The van der Waals surface area contributed by atoms with Gasteiger partial charge in [-0.1, -0.05) is 42.5 Å². The van der Waals surface area contributed by atoms with Gasteiger partial charge in [-0.25, -0.2) is 0 Å². The SMILES string of the molecule is O=C(NC1CCN(Cc2ccccc2)CC1)c1ccccc1OC(F)F. The van der Waals surface area contributed by atoms with Gasteiger partial charge in [-0.2, -0.15) is 8.78 Å². The van der Waals surface area contributed by atoms with E-state index in [1.165, 1.54) is 17.7 Å². The Balaban J connectivity index is 1.52. The van der Waals surface area contributed by atoms with Gasteiger partial charge in [0.05, 0.1) is 5.56 Å². The van der Waals surface area contributed by atoms with E-state index in [1.807, 2.05) is 18.2 Å². The van der Waals surface area contributed by atoms with Crippen molar-refractivity contribution in [3.8, 4) is 5.75 Å². The zero-order chi connectivity index (χ0) is 18.4. The fourth-order valence-corrected chi connectivity index (χ4v) is 3.19. The summed E-state index contributed by atoms with van der Waals surface area (Å²) in [7, 11) is 0. The predicted octanol–water partition coefficient (Wildman–Crippen LogP) is 3.68. The third kappa shape index (κ3) is 5.02. The molecule has 0 spiro atoms. The summed E-state index contributed by atoms with van der Waals surface area (Å²) in [5.74, 6) is -0.468. The molecule has 0 radical (unpaired) electrons. The number of carbonyl (C=O) groups is 1. The Bertz CT molecular complexity index is 717. The number of para-hydroxylation sites is 1. The summed E-state index contributed by atoms with van der Waals surface area (Å²) in [5.41, 5.74) is 1.41. The Kier molecular flexibility index (Phi) is 6.17. The van der Waals surface area contributed by atoms with Crippen LogP contribution in [0.4, 0.5) is 8.78 Å². The molecule has 26 heavy (non-hydrogen) atoms. The van der Waals surface area contributed by atoms with Crippen molar-refractivity contribution < 1.29 is 18.3 Å². The van der Waals surface area contributed by atoms with Crippen LogP contribution in [-0.4, -0.2) is 36.5 Å². The number of amides is 1. The number of likely N-dealkylation sites (tertiary alicyclic amines) is 1. The Hall–Kier alpha value is -2.47. The van der Waals surface area contributed by atoms with E-state index in [4.69, 9.17) is 0 Å². The number of rotatable bonds is 6. The molecule has 1 fully saturated rings. The maximum absolute atomic E-state index is 12.5. The lowest BCUT2D eigenvalue weighted by atomic mass is 10.0. The molecule has 0 aliphatic carbocycles. The van der Waals surface area contributed by atoms with E-state index in [0.29, 0.717) is 0 Å². The Morgan fingerprint density at radius 3 is 2.42 bits per heavy atom. The molecule has 1 amide bonds. The number of hydrogen-bond donors (Lipinski definition) is 1. The van der Waals surface area contributed by atoms with E-state index in [-0.39, 0.29) is 23.3 Å². The molecule has 1 aliphatic heterocycles. The number of ether oxygens (including phenoxy) is 1. The normalized spacial score (nSPS) is 15.8. The second-order valence-corrected chi connectivity index (χ2v) is 6.38. The van der Waals surface area contributed by atoms with E-state index in [0.717, 1.165) is 32.5 Å². The van der Waals surface area contributed by atoms with Gasteiger partial charge in [0.2, 0.25) is 0 Å². The first-order chi connectivity index (χ1) is 12.6. The van der Waals surface area contributed by atoms with Crippen LogP contribution in [0.15, 0.2) is 54.6 Å². The first-order valence-corrected chi connectivity index (χ1v) is 8.73. The van der Waals surface area contributed by atoms with Crippen LogP contribution in [0.25, 0.3) is 0 Å². The molecule has 1 aliphatic rings. The average molecular weight is 360 g/mol. The predicted molar refractivity (Wildman–Crippen MR) is 95.3 cm³/mol. The molecule has 6 heteroatoms. The standard InChI is InChI=1S/C20H22F2N2O2/c21-20(22)26-18-9-5-4-8-17(18)19(25)23-16-10-12-24(13-11-16)14-15-6-2-1-3-7-15/h1-9,16,20H,10-14H2,(H,23,25). The fourth-order valence-electron chi connectivity index (χ4n) is 3.19. The largest absolute Gasteiger partial charge is 0.434 e. The number of halogens is 2. The number of nitrogens with zero attached hydrogens (tertiary/aromatic N) is 1. The van der Waals surface area contributed by atoms with Gasteiger partial charge in [-0.15, -0.1) is 0 Å². The smallest absolute Gasteiger partial charge is 0.387 e. The summed E-state index contributed by atoms with van der Waals surface area (Å²) >= 11 is 0. The minimum Gasteiger partial charge on any atom is -0.434 e. The van der Waals surface area contributed by atoms with Crippen molar-refractivity contribution in [1.29, 1.82) is 0 Å². The first-order valence-electron chi connectivity index (χ1n) is 8.73. The van der Waals surface area contributed by atoms with Crippen molar-refractivity contribution in [1.82, 2.24) is 10.2 Å². The van der Waals surface area contributed by atoms with Gasteiger partial charge in [0.1, 0.15) is 5.75 Å². The van der Waals surface area contributed by atoms with Crippen molar-refractivity contribution in [2.24, 2.45) is 0 Å². The highest BCUT2D eigenvalue weighted by atomic mass is 19.3. The summed E-state index contributed by atoms with van der Waals surface area (Å²) < 4.78 is 29.4. The van der Waals surface area contributed by atoms with Crippen LogP contribution in [0.1, 0.15) is 28.8 Å². The molecule has 138 valence electrons. The quantitative estimate of drug-likeness (QED) is 0.854. The summed E-state index contributed by atoms with van der Waals surface area (Å²) in [4.78, 5) is 14.8. The lowest BCUT2D eigenvalue weighted by molar-refractivity contribution is -0.0501. The zero-order valence-electron chi connectivity index (χ0n) is 14.4. The number of nitrogens with one attached hydrogen (secondary N) is 1. The van der Waals surface area contributed by atoms with Crippen molar-refractivity contribution in [3.05, 3.63) is 65.7 Å². The third-order valence-corrected chi connectivity index (χ3v) is 4.52. The minimum absolute atomic E-state index is 0.0362. The number of benzene rings is 2. The van der Waals surface area contributed by atoms with Crippen LogP contribution >= 0.6 is 0 Å². The summed E-state index contributed by atoms with van der Waals surface area (Å²) in [5, 5.41) is 2.94. The number of carbonyl (C=O) groups excluding carboxylic acids is 1. The van der Waals surface area contributed by atoms with Crippen LogP contribution in [0.2, 0.25) is 0 Å². The van der Waals surface area contributed by atoms with Crippen molar-refractivity contribution >= 4 is 5.91 Å². The topological polar surface area (TPSA) is 41.6 Å². The molecule has 2 aromatic rings. The summed E-state index contributed by atoms with van der Waals surface area (Å²) in [6.07, 6.45) is 1.66. The van der Waals surface area contributed by atoms with Crippen LogP contribution in [0.5, 0.6) is 5.75 Å². The van der Waals surface area contributed by atoms with Crippen molar-refractivity contribution in [2.75, 3.05) is 13.1 Å². The van der Waals surface area contributed by atoms with Gasteiger partial charge >= 0.3 is 6.61 Å². The molecule has 0 saturated carbocycles. The third-order valence-electron chi connectivity index (χ3n) is 4.52. The van der Waals surface area contributed by atoms with E-state index < -0.39 is 6.61 Å². The van der Waals surface area contributed by atoms with Crippen LogP contribution in [0, 0.1) is 0 Å². The highest BCUT2D eigenvalue weighted by Gasteiger charge is 2.23. The molecule has 0 aromatic heterocycles. The molecule has 1 N–H and O–H groups in total. The lowest BCUT2D eigenvalue weighted by Gasteiger charge is -2.32. The van der Waals surface area contributed by atoms with E-state index in [9.17, 15) is 13.6 Å². The number of alkyl halides is 2. The Labute approximate surface area is 151 Å². The highest BCUT2D eigenvalue weighted by molar-refractivity contribution is 5.97. The van der Waals surface area contributed by atoms with Crippen molar-refractivity contribution in [3.63, 3.8) is 0 Å². The van der Waals surface area contributed by atoms with Crippen LogP contribution in [0.3, 0.4) is 0 Å². The van der Waals surface area contributed by atoms with Crippen LogP contribution in [-0.2, 0) is 6.54 Å². The van der Waals surface area contributed by atoms with Gasteiger partial charge in [0, 0.05) is 25.7 Å². The van der Waals surface area contributed by atoms with E-state index in [2.05, 4.69) is 27.1 Å². The molecule has 0 atom stereocenters. The van der Waals surface area contributed by atoms with Gasteiger partial charge in [0.15, 0.2) is 0 Å². The molecule has 1 heterocycles. The molecular formula is C20H22F2N2O2. The Morgan fingerprint density at radius 2 is 1.73 bits per heavy atom. The van der Waals surface area contributed by atoms with E-state index >= 15 is 0 Å². The first kappa shape index (κ1) is 18.3. The fraction of sp³-hybridized carbons (Fsp3) is 0.350. The summed E-state index contributed by atoms with van der Waals surface area (Å²) in [6.45, 7) is -0.290.